The first kappa shape index (κ1) is 20.7. The van der Waals surface area contributed by atoms with Gasteiger partial charge in [0.25, 0.3) is 11.5 Å². The van der Waals surface area contributed by atoms with Crippen LogP contribution in [0, 0.1) is 0 Å². The Labute approximate surface area is 191 Å². The van der Waals surface area contributed by atoms with Crippen LogP contribution in [0.5, 0.6) is 11.5 Å². The van der Waals surface area contributed by atoms with Crippen molar-refractivity contribution in [1.82, 2.24) is 9.78 Å². The van der Waals surface area contributed by atoms with E-state index in [9.17, 15) is 14.4 Å². The van der Waals surface area contributed by atoms with Gasteiger partial charge < -0.3 is 19.5 Å². The van der Waals surface area contributed by atoms with E-state index in [0.29, 0.717) is 33.1 Å². The predicted octanol–water partition coefficient (Wildman–Crippen LogP) is 3.60. The summed E-state index contributed by atoms with van der Waals surface area (Å²) >= 11 is 1.13. The highest BCUT2D eigenvalue weighted by Crippen LogP contribution is 2.34. The number of para-hydroxylation sites is 1. The van der Waals surface area contributed by atoms with Gasteiger partial charge in [-0.3, -0.25) is 9.59 Å². The highest BCUT2D eigenvalue weighted by molar-refractivity contribution is 7.16. The summed E-state index contributed by atoms with van der Waals surface area (Å²) in [5, 5.41) is 9.46. The summed E-state index contributed by atoms with van der Waals surface area (Å²) in [6, 6.07) is 13.5. The fraction of sp³-hybridized carbons (Fsp3) is 0.130. The summed E-state index contributed by atoms with van der Waals surface area (Å²) in [6.45, 7) is 1.94. The quantitative estimate of drug-likeness (QED) is 0.451. The first-order chi connectivity index (χ1) is 16.1. The number of fused-ring (bicyclic) bond motifs is 2. The molecule has 166 valence electrons. The van der Waals surface area contributed by atoms with Crippen LogP contribution in [-0.4, -0.2) is 35.1 Å². The molecule has 2 aromatic heterocycles. The molecular formula is C23H17N3O6S. The number of ether oxygens (including phenoxy) is 3. The first-order valence-electron chi connectivity index (χ1n) is 10.0. The number of carbonyl (C=O) groups is 2. The van der Waals surface area contributed by atoms with Gasteiger partial charge in [-0.15, -0.1) is 11.3 Å². The van der Waals surface area contributed by atoms with Crippen molar-refractivity contribution in [3.05, 3.63) is 75.5 Å². The molecule has 4 aromatic rings. The van der Waals surface area contributed by atoms with Crippen molar-refractivity contribution in [3.63, 3.8) is 0 Å². The minimum Gasteiger partial charge on any atom is -0.461 e. The van der Waals surface area contributed by atoms with Crippen LogP contribution >= 0.6 is 11.3 Å². The number of anilines is 1. The normalized spacial score (nSPS) is 12.0. The molecule has 5 rings (SSSR count). The molecule has 0 atom stereocenters. The number of amides is 1. The molecule has 0 fully saturated rings. The average Bonchev–Trinajstić information content (AvgIpc) is 3.47. The van der Waals surface area contributed by atoms with Gasteiger partial charge in [-0.25, -0.2) is 4.79 Å². The fourth-order valence-corrected chi connectivity index (χ4v) is 4.38. The lowest BCUT2D eigenvalue weighted by Gasteiger charge is -2.10. The molecule has 10 heteroatoms. The Bertz CT molecular complexity index is 1440. The van der Waals surface area contributed by atoms with E-state index in [1.54, 1.807) is 60.8 Å². The maximum Gasteiger partial charge on any atom is 0.359 e. The number of hydrogen-bond acceptors (Lipinski definition) is 8. The molecular weight excluding hydrogens is 446 g/mol. The number of aromatic nitrogens is 2. The highest BCUT2D eigenvalue weighted by Gasteiger charge is 2.24. The molecule has 0 bridgehead atoms. The van der Waals surface area contributed by atoms with Crippen LogP contribution in [-0.2, 0) is 4.74 Å². The minimum atomic E-state index is -0.654. The molecule has 1 N–H and O–H groups in total. The number of thiophene rings is 1. The zero-order valence-electron chi connectivity index (χ0n) is 17.4. The summed E-state index contributed by atoms with van der Waals surface area (Å²) in [5.74, 6) is -0.0567. The number of carbonyl (C=O) groups excluding carboxylic acids is 2. The van der Waals surface area contributed by atoms with Crippen LogP contribution in [0.25, 0.3) is 16.5 Å². The molecule has 0 radical (unpaired) electrons. The SMILES string of the molecule is CCOC(=O)c1nn(-c2ccccc2)c(=O)c2c(NC(=O)c3ccc4c(c3)OCO4)scc12. The standard InChI is InChI=1S/C23H17N3O6S/c1-2-30-23(29)19-15-11-33-21(18(15)22(28)26(25-19)14-6-4-3-5-7-14)24-20(27)13-8-9-16-17(10-13)32-12-31-16/h3-11H,2,12H2,1H3,(H,24,27). The molecule has 2 aromatic carbocycles. The lowest BCUT2D eigenvalue weighted by atomic mass is 10.2. The van der Waals surface area contributed by atoms with Crippen molar-refractivity contribution in [2.75, 3.05) is 18.7 Å². The lowest BCUT2D eigenvalue weighted by molar-refractivity contribution is 0.0520. The Hall–Kier alpha value is -4.18. The fourth-order valence-electron chi connectivity index (χ4n) is 3.45. The van der Waals surface area contributed by atoms with E-state index in [2.05, 4.69) is 10.4 Å². The van der Waals surface area contributed by atoms with E-state index in [1.807, 2.05) is 0 Å². The number of nitrogens with zero attached hydrogens (tertiary/aromatic N) is 2. The number of benzene rings is 2. The van der Waals surface area contributed by atoms with E-state index >= 15 is 0 Å². The number of nitrogens with one attached hydrogen (secondary N) is 1. The Morgan fingerprint density at radius 2 is 1.94 bits per heavy atom. The molecule has 0 unspecified atom stereocenters. The topological polar surface area (TPSA) is 109 Å². The molecule has 3 heterocycles. The molecule has 9 nitrogen and oxygen atoms in total. The maximum atomic E-state index is 13.4. The largest absolute Gasteiger partial charge is 0.461 e. The van der Waals surface area contributed by atoms with Crippen molar-refractivity contribution in [2.24, 2.45) is 0 Å². The van der Waals surface area contributed by atoms with Crippen molar-refractivity contribution in [3.8, 4) is 17.2 Å². The third-order valence-corrected chi connectivity index (χ3v) is 5.88. The van der Waals surface area contributed by atoms with E-state index in [-0.39, 0.29) is 24.5 Å². The van der Waals surface area contributed by atoms with Crippen LogP contribution < -0.4 is 20.3 Å². The van der Waals surface area contributed by atoms with Crippen molar-refractivity contribution in [2.45, 2.75) is 6.92 Å². The van der Waals surface area contributed by atoms with Gasteiger partial charge >= 0.3 is 5.97 Å². The summed E-state index contributed by atoms with van der Waals surface area (Å²) < 4.78 is 16.9. The molecule has 33 heavy (non-hydrogen) atoms. The molecule has 1 aliphatic rings. The van der Waals surface area contributed by atoms with Crippen LogP contribution in [0.15, 0.2) is 58.7 Å². The van der Waals surface area contributed by atoms with Gasteiger partial charge in [-0.1, -0.05) is 18.2 Å². The maximum absolute atomic E-state index is 13.4. The summed E-state index contributed by atoms with van der Waals surface area (Å²) in [6.07, 6.45) is 0. The number of rotatable bonds is 5. The van der Waals surface area contributed by atoms with Gasteiger partial charge in [0, 0.05) is 16.3 Å². The van der Waals surface area contributed by atoms with Crippen molar-refractivity contribution in [1.29, 1.82) is 0 Å². The third-order valence-electron chi connectivity index (χ3n) is 4.98. The zero-order chi connectivity index (χ0) is 22.9. The van der Waals surface area contributed by atoms with Crippen molar-refractivity contribution < 1.29 is 23.8 Å². The molecule has 0 spiro atoms. The van der Waals surface area contributed by atoms with E-state index in [4.69, 9.17) is 14.2 Å². The van der Waals surface area contributed by atoms with Gasteiger partial charge in [0.2, 0.25) is 6.79 Å². The Kier molecular flexibility index (Phi) is 5.27. The van der Waals surface area contributed by atoms with Gasteiger partial charge in [-0.05, 0) is 37.3 Å². The Balaban J connectivity index is 1.61. The van der Waals surface area contributed by atoms with Crippen LogP contribution in [0.1, 0.15) is 27.8 Å². The summed E-state index contributed by atoms with van der Waals surface area (Å²) in [4.78, 5) is 38.9. The van der Waals surface area contributed by atoms with Gasteiger partial charge in [0.05, 0.1) is 17.7 Å². The number of hydrogen-bond donors (Lipinski definition) is 1. The number of esters is 1. The second-order valence-electron chi connectivity index (χ2n) is 7.00. The molecule has 1 aliphatic heterocycles. The monoisotopic (exact) mass is 463 g/mol. The average molecular weight is 463 g/mol. The third kappa shape index (κ3) is 3.70. The zero-order valence-corrected chi connectivity index (χ0v) is 18.2. The molecule has 0 saturated heterocycles. The van der Waals surface area contributed by atoms with Crippen LogP contribution in [0.4, 0.5) is 5.00 Å². The van der Waals surface area contributed by atoms with Gasteiger partial charge in [0.1, 0.15) is 5.00 Å². The van der Waals surface area contributed by atoms with E-state index in [0.717, 1.165) is 16.0 Å². The Morgan fingerprint density at radius 1 is 1.15 bits per heavy atom. The molecule has 1 amide bonds. The van der Waals surface area contributed by atoms with E-state index < -0.39 is 17.4 Å². The minimum absolute atomic E-state index is 0.00451. The second kappa shape index (κ2) is 8.40. The molecule has 0 aliphatic carbocycles. The first-order valence-corrected chi connectivity index (χ1v) is 10.9. The summed E-state index contributed by atoms with van der Waals surface area (Å²) in [5.41, 5.74) is 0.347. The lowest BCUT2D eigenvalue weighted by Crippen LogP contribution is -2.25. The van der Waals surface area contributed by atoms with E-state index in [1.165, 1.54) is 0 Å². The van der Waals surface area contributed by atoms with Crippen LogP contribution in [0.3, 0.4) is 0 Å². The van der Waals surface area contributed by atoms with Gasteiger partial charge in [-0.2, -0.15) is 9.78 Å². The second-order valence-corrected chi connectivity index (χ2v) is 7.88. The van der Waals surface area contributed by atoms with Crippen LogP contribution in [0.2, 0.25) is 0 Å². The molecule has 0 saturated carbocycles. The van der Waals surface area contributed by atoms with Gasteiger partial charge in [0.15, 0.2) is 17.2 Å². The Morgan fingerprint density at radius 3 is 2.73 bits per heavy atom. The van der Waals surface area contributed by atoms with Crippen molar-refractivity contribution >= 4 is 39.0 Å². The predicted molar refractivity (Wildman–Crippen MR) is 122 cm³/mol. The smallest absolute Gasteiger partial charge is 0.359 e. The highest BCUT2D eigenvalue weighted by atomic mass is 32.1. The summed E-state index contributed by atoms with van der Waals surface area (Å²) in [7, 11) is 0.